The van der Waals surface area contributed by atoms with Crippen LogP contribution >= 0.6 is 0 Å². The van der Waals surface area contributed by atoms with Gasteiger partial charge in [-0.1, -0.05) is 234 Å². The van der Waals surface area contributed by atoms with E-state index in [1.54, 1.807) is 0 Å². The second-order valence-corrected chi connectivity index (χ2v) is 18.8. The highest BCUT2D eigenvalue weighted by Crippen LogP contribution is 2.30. The van der Waals surface area contributed by atoms with Crippen LogP contribution in [0, 0.1) is 0 Å². The van der Waals surface area contributed by atoms with Gasteiger partial charge in [0.25, 0.3) is 0 Å². The molecule has 0 aliphatic rings. The number of hydrogen-bond acceptors (Lipinski definition) is 7. The first-order valence-corrected chi connectivity index (χ1v) is 28.9. The van der Waals surface area contributed by atoms with E-state index in [-0.39, 0.29) is 0 Å². The topological polar surface area (TPSA) is 64.6 Å². The zero-order valence-electron chi connectivity index (χ0n) is 45.1. The van der Waals surface area contributed by atoms with Gasteiger partial charge in [-0.25, -0.2) is 0 Å². The minimum atomic E-state index is -0.808. The summed E-state index contributed by atoms with van der Waals surface area (Å²) in [5.41, 5.74) is 0. The average molecular weight is 924 g/mol. The van der Waals surface area contributed by atoms with Crippen LogP contribution in [-0.2, 0) is 33.2 Å². The molecule has 7 heteroatoms. The van der Waals surface area contributed by atoms with Gasteiger partial charge in [0.2, 0.25) is 12.6 Å². The van der Waals surface area contributed by atoms with Gasteiger partial charge in [0.05, 0.1) is 26.4 Å². The van der Waals surface area contributed by atoms with Gasteiger partial charge in [0.1, 0.15) is 11.5 Å². The summed E-state index contributed by atoms with van der Waals surface area (Å²) in [6.45, 7) is 21.2. The van der Waals surface area contributed by atoms with E-state index in [2.05, 4.69) is 41.5 Å². The lowest BCUT2D eigenvalue weighted by molar-refractivity contribution is -0.240. The van der Waals surface area contributed by atoms with Crippen molar-refractivity contribution in [2.45, 2.75) is 312 Å². The largest absolute Gasteiger partial charge is 0.494 e. The highest BCUT2D eigenvalue weighted by Gasteiger charge is 2.32. The predicted molar refractivity (Wildman–Crippen MR) is 279 cm³/mol. The molecule has 0 fully saturated rings. The molecule has 0 aromatic rings. The van der Waals surface area contributed by atoms with Gasteiger partial charge < -0.3 is 33.2 Å². The van der Waals surface area contributed by atoms with Crippen LogP contribution in [0.2, 0.25) is 0 Å². The molecule has 7 nitrogen and oxygen atoms in total. The summed E-state index contributed by atoms with van der Waals surface area (Å²) in [7, 11) is 0. The van der Waals surface area contributed by atoms with Crippen molar-refractivity contribution in [2.75, 3.05) is 39.6 Å². The van der Waals surface area contributed by atoms with E-state index < -0.39 is 12.6 Å². The smallest absolute Gasteiger partial charge is 0.223 e. The molecule has 388 valence electrons. The molecule has 0 radical (unpaired) electrons. The number of allylic oxidation sites excluding steroid dienone is 2. The zero-order chi connectivity index (χ0) is 47.5. The van der Waals surface area contributed by atoms with Gasteiger partial charge in [-0.05, 0) is 52.4 Å². The molecule has 0 rings (SSSR count). The molecule has 0 aromatic heterocycles. The Morgan fingerprint density at radius 3 is 0.754 bits per heavy atom. The predicted octanol–water partition coefficient (Wildman–Crippen LogP) is 19.2. The summed E-state index contributed by atoms with van der Waals surface area (Å²) >= 11 is 0. The molecule has 65 heavy (non-hydrogen) atoms. The average Bonchev–Trinajstić information content (AvgIpc) is 3.31. The standard InChI is InChI=1S/C58H114O7/c1-9-17-23-29-31-33-35-41-47-53(61-49-43-37-25-19-11-3)55(63-51-45-39-27-21-13-5)57(59-15-7)65-58(60-16-8)56(64-52-46-40-28-22-14-6)54(62-50-44-38-26-20-12-4)48-42-36-34-32-30-24-18-10-2/h57-58H,9-52H2,1-8H3. The molecule has 0 saturated carbocycles. The van der Waals surface area contributed by atoms with Crippen molar-refractivity contribution in [3.8, 4) is 0 Å². The van der Waals surface area contributed by atoms with E-state index >= 15 is 0 Å². The third-order valence-corrected chi connectivity index (χ3v) is 12.4. The minimum absolute atomic E-state index is 0.464. The van der Waals surface area contributed by atoms with E-state index in [1.807, 2.05) is 13.8 Å². The summed E-state index contributed by atoms with van der Waals surface area (Å²) < 4.78 is 47.7. The molecule has 0 spiro atoms. The summed E-state index contributed by atoms with van der Waals surface area (Å²) in [5.74, 6) is 3.14. The Morgan fingerprint density at radius 1 is 0.262 bits per heavy atom. The Hall–Kier alpha value is -1.44. The summed E-state index contributed by atoms with van der Waals surface area (Å²) in [5, 5.41) is 0. The second-order valence-electron chi connectivity index (χ2n) is 18.8. The quantitative estimate of drug-likeness (QED) is 0.0342. The molecule has 0 aromatic carbocycles. The number of hydrogen-bond donors (Lipinski definition) is 0. The molecule has 0 N–H and O–H groups in total. The lowest BCUT2D eigenvalue weighted by atomic mass is 10.1. The van der Waals surface area contributed by atoms with Crippen LogP contribution < -0.4 is 0 Å². The summed E-state index contributed by atoms with van der Waals surface area (Å²) in [6.07, 6.45) is 43.7. The Balaban J connectivity index is 7.06. The van der Waals surface area contributed by atoms with E-state index in [0.717, 1.165) is 75.7 Å². The maximum Gasteiger partial charge on any atom is 0.223 e. The van der Waals surface area contributed by atoms with Crippen LogP contribution in [0.4, 0.5) is 0 Å². The number of rotatable bonds is 54. The molecule has 0 aliphatic carbocycles. The van der Waals surface area contributed by atoms with Gasteiger partial charge in [-0.15, -0.1) is 0 Å². The molecular formula is C58H114O7. The SMILES string of the molecule is CCCCCCCCCCC(OCCCCCCC)=C(OCCCCCCC)C(OCC)OC(OCC)C(OCCCCCCC)=C(CCCCCCCCCC)OCCCCCCC. The van der Waals surface area contributed by atoms with Crippen LogP contribution in [0.15, 0.2) is 23.0 Å². The van der Waals surface area contributed by atoms with Crippen molar-refractivity contribution < 1.29 is 33.2 Å². The van der Waals surface area contributed by atoms with Gasteiger partial charge in [0, 0.05) is 26.1 Å². The van der Waals surface area contributed by atoms with Crippen molar-refractivity contribution in [1.29, 1.82) is 0 Å². The molecule has 0 aliphatic heterocycles. The maximum atomic E-state index is 7.12. The Kier molecular flexibility index (Phi) is 50.8. The highest BCUT2D eigenvalue weighted by atomic mass is 16.8. The monoisotopic (exact) mass is 923 g/mol. The van der Waals surface area contributed by atoms with E-state index in [4.69, 9.17) is 33.2 Å². The van der Waals surface area contributed by atoms with Crippen LogP contribution in [0.3, 0.4) is 0 Å². The minimum Gasteiger partial charge on any atom is -0.494 e. The van der Waals surface area contributed by atoms with Crippen molar-refractivity contribution in [1.82, 2.24) is 0 Å². The number of unbranched alkanes of at least 4 members (excludes halogenated alkanes) is 30. The van der Waals surface area contributed by atoms with Gasteiger partial charge in [-0.3, -0.25) is 0 Å². The molecule has 0 heterocycles. The molecule has 0 saturated heterocycles. The maximum absolute atomic E-state index is 7.12. The van der Waals surface area contributed by atoms with Gasteiger partial charge in [-0.2, -0.15) is 0 Å². The van der Waals surface area contributed by atoms with Crippen LogP contribution in [-0.4, -0.2) is 52.2 Å². The summed E-state index contributed by atoms with van der Waals surface area (Å²) in [4.78, 5) is 0. The first-order valence-electron chi connectivity index (χ1n) is 28.9. The van der Waals surface area contributed by atoms with Crippen LogP contribution in [0.1, 0.15) is 299 Å². The fraction of sp³-hybridized carbons (Fsp3) is 0.931. The normalized spacial score (nSPS) is 13.4. The van der Waals surface area contributed by atoms with Gasteiger partial charge in [0.15, 0.2) is 11.5 Å². The lowest BCUT2D eigenvalue weighted by Crippen LogP contribution is -2.33. The number of ether oxygens (including phenoxy) is 7. The van der Waals surface area contributed by atoms with E-state index in [0.29, 0.717) is 51.2 Å². The third kappa shape index (κ3) is 39.1. The van der Waals surface area contributed by atoms with Crippen molar-refractivity contribution in [2.24, 2.45) is 0 Å². The summed E-state index contributed by atoms with van der Waals surface area (Å²) in [6, 6.07) is 0. The van der Waals surface area contributed by atoms with E-state index in [9.17, 15) is 0 Å². The van der Waals surface area contributed by atoms with Crippen molar-refractivity contribution in [3.05, 3.63) is 23.0 Å². The molecule has 2 unspecified atom stereocenters. The molecule has 2 atom stereocenters. The second kappa shape index (κ2) is 51.9. The first-order chi connectivity index (χ1) is 32.1. The van der Waals surface area contributed by atoms with Crippen LogP contribution in [0.25, 0.3) is 0 Å². The Morgan fingerprint density at radius 2 is 0.492 bits per heavy atom. The van der Waals surface area contributed by atoms with Crippen LogP contribution in [0.5, 0.6) is 0 Å². The Labute approximate surface area is 406 Å². The molecule has 0 amide bonds. The third-order valence-electron chi connectivity index (χ3n) is 12.4. The lowest BCUT2D eigenvalue weighted by Gasteiger charge is -2.30. The molecular weight excluding hydrogens is 809 g/mol. The van der Waals surface area contributed by atoms with Crippen molar-refractivity contribution >= 4 is 0 Å². The first kappa shape index (κ1) is 63.6. The molecule has 0 bridgehead atoms. The zero-order valence-corrected chi connectivity index (χ0v) is 45.1. The fourth-order valence-electron chi connectivity index (χ4n) is 8.28. The Bertz CT molecular complexity index is 934. The highest BCUT2D eigenvalue weighted by molar-refractivity contribution is 5.09. The van der Waals surface area contributed by atoms with E-state index in [1.165, 1.54) is 180 Å². The van der Waals surface area contributed by atoms with Gasteiger partial charge >= 0.3 is 0 Å². The van der Waals surface area contributed by atoms with Crippen molar-refractivity contribution in [3.63, 3.8) is 0 Å². The fourth-order valence-corrected chi connectivity index (χ4v) is 8.28.